The molecule has 0 saturated heterocycles. The fraction of sp³-hybridized carbons (Fsp3) is 0.647. The maximum atomic E-state index is 10.5. The Morgan fingerprint density at radius 3 is 2.42 bits per heavy atom. The molecule has 0 aliphatic carbocycles. The van der Waals surface area contributed by atoms with Crippen LogP contribution in [0.2, 0.25) is 0 Å². The van der Waals surface area contributed by atoms with Gasteiger partial charge in [0.25, 0.3) is 0 Å². The summed E-state index contributed by atoms with van der Waals surface area (Å²) in [6.07, 6.45) is 1.28. The van der Waals surface area contributed by atoms with Crippen molar-refractivity contribution in [1.29, 1.82) is 0 Å². The first-order valence-electron chi connectivity index (χ1n) is 7.26. The van der Waals surface area contributed by atoms with E-state index < -0.39 is 6.10 Å². The predicted octanol–water partition coefficient (Wildman–Crippen LogP) is 4.58. The van der Waals surface area contributed by atoms with E-state index in [1.54, 1.807) is 0 Å². The third kappa shape index (κ3) is 4.87. The zero-order valence-electron chi connectivity index (χ0n) is 12.9. The summed E-state index contributed by atoms with van der Waals surface area (Å²) in [5.74, 6) is 1.26. The topological polar surface area (TPSA) is 29.5 Å². The van der Waals surface area contributed by atoms with Crippen LogP contribution in [0.4, 0.5) is 0 Å². The standard InChI is InChI=1S/C17H28O2/c1-6-11-19-16-10-8-7-9-14(16)15(18)12-13(2)17(3,4)5/h7-10,13,15,18H,6,11-12H2,1-5H3. The molecule has 2 atom stereocenters. The fourth-order valence-electron chi connectivity index (χ4n) is 1.91. The fourth-order valence-corrected chi connectivity index (χ4v) is 1.91. The number of aliphatic hydroxyl groups excluding tert-OH is 1. The average Bonchev–Trinajstić information content (AvgIpc) is 2.35. The lowest BCUT2D eigenvalue weighted by atomic mass is 9.78. The van der Waals surface area contributed by atoms with Gasteiger partial charge in [0, 0.05) is 5.56 Å². The second kappa shape index (κ2) is 6.95. The minimum atomic E-state index is -0.456. The molecule has 0 radical (unpaired) electrons. The summed E-state index contributed by atoms with van der Waals surface area (Å²) in [5.41, 5.74) is 1.12. The van der Waals surface area contributed by atoms with Gasteiger partial charge in [-0.25, -0.2) is 0 Å². The van der Waals surface area contributed by atoms with Crippen molar-refractivity contribution in [3.63, 3.8) is 0 Å². The van der Waals surface area contributed by atoms with Crippen molar-refractivity contribution in [3.8, 4) is 5.75 Å². The van der Waals surface area contributed by atoms with Crippen LogP contribution >= 0.6 is 0 Å². The van der Waals surface area contributed by atoms with E-state index in [4.69, 9.17) is 4.74 Å². The smallest absolute Gasteiger partial charge is 0.125 e. The number of aliphatic hydroxyl groups is 1. The number of ether oxygens (including phenoxy) is 1. The third-order valence-electron chi connectivity index (χ3n) is 3.79. The molecule has 2 heteroatoms. The molecule has 0 spiro atoms. The number of benzene rings is 1. The zero-order valence-corrected chi connectivity index (χ0v) is 12.9. The molecule has 0 aromatic heterocycles. The van der Waals surface area contributed by atoms with E-state index >= 15 is 0 Å². The molecule has 0 amide bonds. The van der Waals surface area contributed by atoms with Crippen LogP contribution < -0.4 is 4.74 Å². The molecular weight excluding hydrogens is 236 g/mol. The molecule has 2 unspecified atom stereocenters. The molecular formula is C17H28O2. The van der Waals surface area contributed by atoms with Gasteiger partial charge in [-0.15, -0.1) is 0 Å². The first kappa shape index (κ1) is 16.0. The minimum absolute atomic E-state index is 0.209. The molecule has 0 fully saturated rings. The summed E-state index contributed by atoms with van der Waals surface area (Å²) in [4.78, 5) is 0. The lowest BCUT2D eigenvalue weighted by Gasteiger charge is -2.29. The van der Waals surface area contributed by atoms with E-state index in [0.29, 0.717) is 12.5 Å². The number of hydrogen-bond donors (Lipinski definition) is 1. The Morgan fingerprint density at radius 2 is 1.84 bits per heavy atom. The van der Waals surface area contributed by atoms with Gasteiger partial charge in [0.2, 0.25) is 0 Å². The Hall–Kier alpha value is -1.02. The molecule has 2 nitrogen and oxygen atoms in total. The number of para-hydroxylation sites is 1. The summed E-state index contributed by atoms with van der Waals surface area (Å²) in [5, 5.41) is 10.5. The van der Waals surface area contributed by atoms with Gasteiger partial charge in [-0.1, -0.05) is 52.8 Å². The average molecular weight is 264 g/mol. The first-order chi connectivity index (χ1) is 8.86. The highest BCUT2D eigenvalue weighted by molar-refractivity contribution is 5.35. The Kier molecular flexibility index (Phi) is 5.86. The SMILES string of the molecule is CCCOc1ccccc1C(O)CC(C)C(C)(C)C. The Balaban J connectivity index is 2.78. The molecule has 1 aromatic carbocycles. The Bertz CT molecular complexity index is 379. The van der Waals surface area contributed by atoms with Crippen LogP contribution in [0.5, 0.6) is 5.75 Å². The van der Waals surface area contributed by atoms with Crippen molar-refractivity contribution in [2.24, 2.45) is 11.3 Å². The minimum Gasteiger partial charge on any atom is -0.493 e. The van der Waals surface area contributed by atoms with Crippen LogP contribution in [-0.4, -0.2) is 11.7 Å². The largest absolute Gasteiger partial charge is 0.493 e. The van der Waals surface area contributed by atoms with Crippen molar-refractivity contribution < 1.29 is 9.84 Å². The molecule has 1 N–H and O–H groups in total. The molecule has 0 bridgehead atoms. The summed E-state index contributed by atoms with van der Waals surface area (Å²) in [6.45, 7) is 11.6. The quantitative estimate of drug-likeness (QED) is 0.815. The van der Waals surface area contributed by atoms with E-state index in [-0.39, 0.29) is 5.41 Å². The summed E-state index contributed by atoms with van der Waals surface area (Å²) in [6, 6.07) is 7.81. The van der Waals surface area contributed by atoms with Gasteiger partial charge >= 0.3 is 0 Å². The first-order valence-corrected chi connectivity index (χ1v) is 7.26. The molecule has 1 rings (SSSR count). The van der Waals surface area contributed by atoms with Gasteiger partial charge < -0.3 is 9.84 Å². The van der Waals surface area contributed by atoms with E-state index in [0.717, 1.165) is 24.2 Å². The van der Waals surface area contributed by atoms with Gasteiger partial charge in [0.05, 0.1) is 12.7 Å². The van der Waals surface area contributed by atoms with E-state index in [9.17, 15) is 5.11 Å². The van der Waals surface area contributed by atoms with Crippen LogP contribution in [0.3, 0.4) is 0 Å². The molecule has 0 heterocycles. The van der Waals surface area contributed by atoms with Crippen LogP contribution in [0, 0.1) is 11.3 Å². The molecule has 108 valence electrons. The van der Waals surface area contributed by atoms with Gasteiger partial charge in [0.1, 0.15) is 5.75 Å². The van der Waals surface area contributed by atoms with Gasteiger partial charge in [0.15, 0.2) is 0 Å². The highest BCUT2D eigenvalue weighted by Gasteiger charge is 2.24. The van der Waals surface area contributed by atoms with Crippen molar-refractivity contribution >= 4 is 0 Å². The van der Waals surface area contributed by atoms with Crippen molar-refractivity contribution in [2.45, 2.75) is 53.6 Å². The van der Waals surface area contributed by atoms with Crippen LogP contribution in [-0.2, 0) is 0 Å². The molecule has 1 aromatic rings. The Morgan fingerprint density at radius 1 is 1.21 bits per heavy atom. The van der Waals surface area contributed by atoms with Crippen LogP contribution in [0.25, 0.3) is 0 Å². The van der Waals surface area contributed by atoms with Crippen LogP contribution in [0.15, 0.2) is 24.3 Å². The highest BCUT2D eigenvalue weighted by Crippen LogP contribution is 2.35. The molecule has 19 heavy (non-hydrogen) atoms. The monoisotopic (exact) mass is 264 g/mol. The normalized spacial score (nSPS) is 15.1. The van der Waals surface area contributed by atoms with E-state index in [1.165, 1.54) is 0 Å². The van der Waals surface area contributed by atoms with E-state index in [2.05, 4.69) is 34.6 Å². The van der Waals surface area contributed by atoms with Crippen molar-refractivity contribution in [2.75, 3.05) is 6.61 Å². The maximum Gasteiger partial charge on any atom is 0.125 e. The van der Waals surface area contributed by atoms with Gasteiger partial charge in [-0.2, -0.15) is 0 Å². The van der Waals surface area contributed by atoms with Crippen LogP contribution in [0.1, 0.15) is 59.1 Å². The van der Waals surface area contributed by atoms with E-state index in [1.807, 2.05) is 24.3 Å². The number of hydrogen-bond acceptors (Lipinski definition) is 2. The van der Waals surface area contributed by atoms with Crippen molar-refractivity contribution in [1.82, 2.24) is 0 Å². The highest BCUT2D eigenvalue weighted by atomic mass is 16.5. The molecule has 0 aliphatic rings. The number of rotatable bonds is 6. The summed E-state index contributed by atoms with van der Waals surface area (Å²) in [7, 11) is 0. The second-order valence-electron chi connectivity index (χ2n) is 6.40. The second-order valence-corrected chi connectivity index (χ2v) is 6.40. The van der Waals surface area contributed by atoms with Gasteiger partial charge in [-0.05, 0) is 30.2 Å². The lowest BCUT2D eigenvalue weighted by Crippen LogP contribution is -2.20. The maximum absolute atomic E-state index is 10.5. The Labute approximate surface area is 117 Å². The molecule has 0 aliphatic heterocycles. The zero-order chi connectivity index (χ0) is 14.5. The summed E-state index contributed by atoms with van der Waals surface area (Å²) < 4.78 is 5.71. The van der Waals surface area contributed by atoms with Crippen molar-refractivity contribution in [3.05, 3.63) is 29.8 Å². The molecule has 0 saturated carbocycles. The predicted molar refractivity (Wildman–Crippen MR) is 80.4 cm³/mol. The summed E-state index contributed by atoms with van der Waals surface area (Å²) >= 11 is 0. The van der Waals surface area contributed by atoms with Gasteiger partial charge in [-0.3, -0.25) is 0 Å². The third-order valence-corrected chi connectivity index (χ3v) is 3.79. The lowest BCUT2D eigenvalue weighted by molar-refractivity contribution is 0.107.